The maximum atomic E-state index is 9.81. The third-order valence-corrected chi connectivity index (χ3v) is 2.58. The average Bonchev–Trinajstić information content (AvgIpc) is 2.56. The fourth-order valence-electron chi connectivity index (χ4n) is 1.88. The molecule has 0 aromatic carbocycles. The molecule has 1 heterocycles. The molecule has 0 saturated heterocycles. The molecule has 2 N–H and O–H groups in total. The van der Waals surface area contributed by atoms with Gasteiger partial charge in [-0.2, -0.15) is 5.10 Å². The highest BCUT2D eigenvalue weighted by Gasteiger charge is 2.15. The topological polar surface area (TPSA) is 50.1 Å². The van der Waals surface area contributed by atoms with Gasteiger partial charge in [-0.3, -0.25) is 4.68 Å². The predicted molar refractivity (Wildman–Crippen MR) is 69.9 cm³/mol. The monoisotopic (exact) mass is 239 g/mol. The minimum Gasteiger partial charge on any atom is -0.392 e. The van der Waals surface area contributed by atoms with Crippen LogP contribution in [0.3, 0.4) is 0 Å². The minimum atomic E-state index is -0.260. The van der Waals surface area contributed by atoms with Crippen LogP contribution in [0.15, 0.2) is 12.4 Å². The van der Waals surface area contributed by atoms with Gasteiger partial charge < -0.3 is 10.4 Å². The Balaban J connectivity index is 2.12. The Morgan fingerprint density at radius 2 is 2.18 bits per heavy atom. The van der Waals surface area contributed by atoms with Crippen molar-refractivity contribution in [3.8, 4) is 0 Å². The van der Waals surface area contributed by atoms with E-state index >= 15 is 0 Å². The number of rotatable bonds is 6. The first-order valence-electron chi connectivity index (χ1n) is 6.23. The van der Waals surface area contributed by atoms with Gasteiger partial charge in [0.05, 0.1) is 12.3 Å². The molecule has 0 aliphatic rings. The van der Waals surface area contributed by atoms with Crippen LogP contribution in [0, 0.1) is 5.41 Å². The maximum absolute atomic E-state index is 9.81. The molecule has 0 fully saturated rings. The Morgan fingerprint density at radius 3 is 2.71 bits per heavy atom. The molecular weight excluding hydrogens is 214 g/mol. The molecule has 1 aromatic heterocycles. The molecule has 1 unspecified atom stereocenters. The SMILES string of the molecule is Cn1cc(CCNCC(O)CC(C)(C)C)cn1. The van der Waals surface area contributed by atoms with Gasteiger partial charge in [0, 0.05) is 19.8 Å². The molecule has 0 saturated carbocycles. The number of nitrogens with one attached hydrogen (secondary N) is 1. The molecule has 0 aliphatic heterocycles. The van der Waals surface area contributed by atoms with Gasteiger partial charge in [-0.25, -0.2) is 0 Å². The van der Waals surface area contributed by atoms with Crippen LogP contribution in [0.4, 0.5) is 0 Å². The van der Waals surface area contributed by atoms with Crippen LogP contribution in [-0.4, -0.2) is 34.1 Å². The summed E-state index contributed by atoms with van der Waals surface area (Å²) in [5.74, 6) is 0. The molecule has 4 heteroatoms. The lowest BCUT2D eigenvalue weighted by Crippen LogP contribution is -2.31. The molecular formula is C13H25N3O. The van der Waals surface area contributed by atoms with Gasteiger partial charge >= 0.3 is 0 Å². The summed E-state index contributed by atoms with van der Waals surface area (Å²) in [6.07, 6.45) is 5.42. The molecule has 98 valence electrons. The summed E-state index contributed by atoms with van der Waals surface area (Å²) in [5.41, 5.74) is 1.41. The lowest BCUT2D eigenvalue weighted by molar-refractivity contribution is 0.120. The predicted octanol–water partition coefficient (Wildman–Crippen LogP) is 1.35. The molecule has 1 aromatic rings. The number of aromatic nitrogens is 2. The zero-order valence-electron chi connectivity index (χ0n) is 11.4. The average molecular weight is 239 g/mol. The van der Waals surface area contributed by atoms with E-state index in [0.29, 0.717) is 6.54 Å². The minimum absolute atomic E-state index is 0.185. The smallest absolute Gasteiger partial charge is 0.0669 e. The third kappa shape index (κ3) is 6.44. The van der Waals surface area contributed by atoms with Crippen LogP contribution in [0.25, 0.3) is 0 Å². The maximum Gasteiger partial charge on any atom is 0.0669 e. The molecule has 4 nitrogen and oxygen atoms in total. The van der Waals surface area contributed by atoms with Crippen molar-refractivity contribution >= 4 is 0 Å². The van der Waals surface area contributed by atoms with E-state index in [1.165, 1.54) is 5.56 Å². The van der Waals surface area contributed by atoms with Crippen LogP contribution in [0.1, 0.15) is 32.8 Å². The number of aryl methyl sites for hydroxylation is 1. The lowest BCUT2D eigenvalue weighted by Gasteiger charge is -2.22. The molecule has 0 aliphatic carbocycles. The summed E-state index contributed by atoms with van der Waals surface area (Å²) >= 11 is 0. The van der Waals surface area contributed by atoms with E-state index < -0.39 is 0 Å². The molecule has 0 amide bonds. The van der Waals surface area contributed by atoms with Crippen LogP contribution >= 0.6 is 0 Å². The summed E-state index contributed by atoms with van der Waals surface area (Å²) in [4.78, 5) is 0. The van der Waals surface area contributed by atoms with Gasteiger partial charge in [0.1, 0.15) is 0 Å². The first-order chi connectivity index (χ1) is 7.87. The second-order valence-corrected chi connectivity index (χ2v) is 5.89. The highest BCUT2D eigenvalue weighted by atomic mass is 16.3. The Bertz CT molecular complexity index is 328. The molecule has 1 atom stereocenters. The quantitative estimate of drug-likeness (QED) is 0.737. The van der Waals surface area contributed by atoms with Gasteiger partial charge in [0.25, 0.3) is 0 Å². The summed E-state index contributed by atoms with van der Waals surface area (Å²) in [6.45, 7) is 7.98. The van der Waals surface area contributed by atoms with E-state index in [2.05, 4.69) is 31.2 Å². The van der Waals surface area contributed by atoms with E-state index in [1.54, 1.807) is 0 Å². The zero-order chi connectivity index (χ0) is 12.9. The molecule has 0 bridgehead atoms. The fraction of sp³-hybridized carbons (Fsp3) is 0.769. The van der Waals surface area contributed by atoms with Crippen molar-refractivity contribution in [1.82, 2.24) is 15.1 Å². The first-order valence-corrected chi connectivity index (χ1v) is 6.23. The van der Waals surface area contributed by atoms with Crippen LogP contribution in [-0.2, 0) is 13.5 Å². The van der Waals surface area contributed by atoms with Crippen molar-refractivity contribution < 1.29 is 5.11 Å². The Labute approximate surface area is 104 Å². The van der Waals surface area contributed by atoms with Gasteiger partial charge in [-0.1, -0.05) is 20.8 Å². The zero-order valence-corrected chi connectivity index (χ0v) is 11.4. The standard InChI is InChI=1S/C13H25N3O/c1-13(2,3)7-12(17)9-14-6-5-11-8-15-16(4)10-11/h8,10,12,14,17H,5-7,9H2,1-4H3. The van der Waals surface area contributed by atoms with Crippen LogP contribution in [0.2, 0.25) is 0 Å². The Morgan fingerprint density at radius 1 is 1.47 bits per heavy atom. The summed E-state index contributed by atoms with van der Waals surface area (Å²) in [7, 11) is 1.92. The number of aliphatic hydroxyl groups is 1. The first kappa shape index (κ1) is 14.2. The number of aliphatic hydroxyl groups excluding tert-OH is 1. The van der Waals surface area contributed by atoms with E-state index in [-0.39, 0.29) is 11.5 Å². The normalized spacial score (nSPS) is 13.9. The van der Waals surface area contributed by atoms with Crippen molar-refractivity contribution in [2.75, 3.05) is 13.1 Å². The second kappa shape index (κ2) is 6.17. The van der Waals surface area contributed by atoms with Gasteiger partial charge in [0.15, 0.2) is 0 Å². The fourth-order valence-corrected chi connectivity index (χ4v) is 1.88. The lowest BCUT2D eigenvalue weighted by atomic mass is 9.89. The number of nitrogens with zero attached hydrogens (tertiary/aromatic N) is 2. The van der Waals surface area contributed by atoms with Gasteiger partial charge in [-0.15, -0.1) is 0 Å². The molecule has 1 rings (SSSR count). The van der Waals surface area contributed by atoms with Gasteiger partial charge in [-0.05, 0) is 30.4 Å². The molecule has 17 heavy (non-hydrogen) atoms. The van der Waals surface area contributed by atoms with E-state index in [1.807, 2.05) is 24.1 Å². The molecule has 0 spiro atoms. The highest BCUT2D eigenvalue weighted by Crippen LogP contribution is 2.20. The van der Waals surface area contributed by atoms with Gasteiger partial charge in [0.2, 0.25) is 0 Å². The Hall–Kier alpha value is -0.870. The summed E-state index contributed by atoms with van der Waals surface area (Å²) < 4.78 is 1.81. The molecule has 0 radical (unpaired) electrons. The van der Waals surface area contributed by atoms with Crippen LogP contribution < -0.4 is 5.32 Å². The van der Waals surface area contributed by atoms with Crippen molar-refractivity contribution in [1.29, 1.82) is 0 Å². The van der Waals surface area contributed by atoms with E-state index in [9.17, 15) is 5.11 Å². The Kier molecular flexibility index (Phi) is 5.15. The third-order valence-electron chi connectivity index (χ3n) is 2.58. The second-order valence-electron chi connectivity index (χ2n) is 5.89. The summed E-state index contributed by atoms with van der Waals surface area (Å²) in [5, 5.41) is 17.2. The number of hydrogen-bond acceptors (Lipinski definition) is 3. The van der Waals surface area contributed by atoms with E-state index in [4.69, 9.17) is 0 Å². The van der Waals surface area contributed by atoms with Crippen LogP contribution in [0.5, 0.6) is 0 Å². The highest BCUT2D eigenvalue weighted by molar-refractivity contribution is 5.03. The summed E-state index contributed by atoms with van der Waals surface area (Å²) in [6, 6.07) is 0. The van der Waals surface area contributed by atoms with Crippen molar-refractivity contribution in [3.63, 3.8) is 0 Å². The van der Waals surface area contributed by atoms with Crippen molar-refractivity contribution in [3.05, 3.63) is 18.0 Å². The largest absolute Gasteiger partial charge is 0.392 e. The van der Waals surface area contributed by atoms with Crippen molar-refractivity contribution in [2.45, 2.75) is 39.7 Å². The number of hydrogen-bond donors (Lipinski definition) is 2. The van der Waals surface area contributed by atoms with E-state index in [0.717, 1.165) is 19.4 Å². The van der Waals surface area contributed by atoms with Crippen molar-refractivity contribution in [2.24, 2.45) is 12.5 Å².